The molecular weight excluding hydrogens is 196 g/mol. The van der Waals surface area contributed by atoms with Crippen molar-refractivity contribution in [2.24, 2.45) is 0 Å². The van der Waals surface area contributed by atoms with Crippen LogP contribution in [-0.2, 0) is 16.0 Å². The van der Waals surface area contributed by atoms with Crippen LogP contribution in [0.5, 0.6) is 0 Å². The zero-order chi connectivity index (χ0) is 10.4. The van der Waals surface area contributed by atoms with Crippen LogP contribution in [0.4, 0.5) is 0 Å². The van der Waals surface area contributed by atoms with Gasteiger partial charge in [-0.15, -0.1) is 0 Å². The summed E-state index contributed by atoms with van der Waals surface area (Å²) in [7, 11) is 0. The quantitative estimate of drug-likeness (QED) is 0.564. The lowest BCUT2D eigenvalue weighted by Crippen LogP contribution is -2.07. The Kier molecular flexibility index (Phi) is 4.26. The minimum absolute atomic E-state index is 0.344. The first kappa shape index (κ1) is 10.9. The second kappa shape index (κ2) is 5.50. The van der Waals surface area contributed by atoms with E-state index in [1.165, 1.54) is 12.5 Å². The summed E-state index contributed by atoms with van der Waals surface area (Å²) in [6.45, 7) is 1.36. The zero-order valence-corrected chi connectivity index (χ0v) is 8.84. The number of benzene rings is 1. The minimum Gasteiger partial charge on any atom is -0.419 e. The second-order valence-electron chi connectivity index (χ2n) is 2.95. The van der Waals surface area contributed by atoms with E-state index in [0.29, 0.717) is 11.5 Å². The fourth-order valence-corrected chi connectivity index (χ4v) is 1.32. The summed E-state index contributed by atoms with van der Waals surface area (Å²) < 4.78 is 4.76. The summed E-state index contributed by atoms with van der Waals surface area (Å²) in [5.74, 6) is -0.344. The van der Waals surface area contributed by atoms with Crippen LogP contribution in [0.15, 0.2) is 30.3 Å². The number of carbonyl (C=O) groups excluding carboxylic acids is 1. The molecule has 74 valence electrons. The van der Waals surface area contributed by atoms with Gasteiger partial charge in [-0.25, -0.2) is 0 Å². The van der Waals surface area contributed by atoms with E-state index in [2.05, 4.69) is 0 Å². The highest BCUT2D eigenvalue weighted by atomic mass is 32.1. The number of esters is 1. The molecule has 1 aromatic rings. The number of carbonyl (C=O) groups is 1. The standard InChI is InChI=1S/C11H12O2S/c1-9(12)13-11(14)8-7-10-5-3-2-4-6-10/h2-6H,7-8H2,1H3. The molecule has 0 bridgehead atoms. The van der Waals surface area contributed by atoms with E-state index in [4.69, 9.17) is 17.0 Å². The monoisotopic (exact) mass is 208 g/mol. The van der Waals surface area contributed by atoms with Gasteiger partial charge in [0.25, 0.3) is 0 Å². The lowest BCUT2D eigenvalue weighted by atomic mass is 10.1. The van der Waals surface area contributed by atoms with Gasteiger partial charge < -0.3 is 4.74 Å². The molecule has 14 heavy (non-hydrogen) atoms. The fourth-order valence-electron chi connectivity index (χ4n) is 1.10. The molecule has 0 radical (unpaired) electrons. The summed E-state index contributed by atoms with van der Waals surface area (Å²) in [4.78, 5) is 10.6. The zero-order valence-electron chi connectivity index (χ0n) is 8.03. The van der Waals surface area contributed by atoms with E-state index in [9.17, 15) is 4.79 Å². The molecule has 0 unspecified atom stereocenters. The Hall–Kier alpha value is -1.22. The third kappa shape index (κ3) is 4.14. The van der Waals surface area contributed by atoms with Crippen molar-refractivity contribution in [2.75, 3.05) is 0 Å². The van der Waals surface area contributed by atoms with Crippen molar-refractivity contribution in [2.45, 2.75) is 19.8 Å². The highest BCUT2D eigenvalue weighted by Crippen LogP contribution is 2.04. The van der Waals surface area contributed by atoms with Crippen LogP contribution in [0.25, 0.3) is 0 Å². The van der Waals surface area contributed by atoms with E-state index in [-0.39, 0.29) is 5.97 Å². The van der Waals surface area contributed by atoms with Crippen molar-refractivity contribution in [3.63, 3.8) is 0 Å². The van der Waals surface area contributed by atoms with Gasteiger partial charge in [-0.05, 0) is 24.2 Å². The lowest BCUT2D eigenvalue weighted by molar-refractivity contribution is -0.132. The molecule has 0 aromatic heterocycles. The molecule has 0 N–H and O–H groups in total. The minimum atomic E-state index is -0.344. The molecule has 2 nitrogen and oxygen atoms in total. The Morgan fingerprint density at radius 1 is 1.36 bits per heavy atom. The predicted octanol–water partition coefficient (Wildman–Crippen LogP) is 2.51. The average molecular weight is 208 g/mol. The molecule has 0 saturated heterocycles. The van der Waals surface area contributed by atoms with Crippen LogP contribution in [0, 0.1) is 0 Å². The number of rotatable bonds is 3. The molecule has 0 aliphatic heterocycles. The largest absolute Gasteiger partial charge is 0.419 e. The fraction of sp³-hybridized carbons (Fsp3) is 0.273. The summed E-state index contributed by atoms with van der Waals surface area (Å²) in [6.07, 6.45) is 1.42. The molecule has 0 heterocycles. The molecule has 0 amide bonds. The van der Waals surface area contributed by atoms with Crippen LogP contribution in [-0.4, -0.2) is 11.0 Å². The number of hydrogen-bond acceptors (Lipinski definition) is 3. The highest BCUT2D eigenvalue weighted by molar-refractivity contribution is 7.80. The Balaban J connectivity index is 2.34. The Morgan fingerprint density at radius 3 is 2.57 bits per heavy atom. The maximum absolute atomic E-state index is 10.6. The van der Waals surface area contributed by atoms with Crippen LogP contribution in [0.1, 0.15) is 18.9 Å². The van der Waals surface area contributed by atoms with Crippen molar-refractivity contribution in [3.05, 3.63) is 35.9 Å². The predicted molar refractivity (Wildman–Crippen MR) is 59.1 cm³/mol. The maximum atomic E-state index is 10.6. The van der Waals surface area contributed by atoms with Crippen molar-refractivity contribution < 1.29 is 9.53 Å². The molecule has 1 rings (SSSR count). The summed E-state index contributed by atoms with van der Waals surface area (Å²) in [6, 6.07) is 9.97. The number of ether oxygens (including phenoxy) is 1. The van der Waals surface area contributed by atoms with Crippen LogP contribution in [0.3, 0.4) is 0 Å². The SMILES string of the molecule is CC(=O)OC(=S)CCc1ccccc1. The van der Waals surface area contributed by atoms with Crippen molar-refractivity contribution in [3.8, 4) is 0 Å². The molecule has 3 heteroatoms. The van der Waals surface area contributed by atoms with Gasteiger partial charge in [0.05, 0.1) is 0 Å². The molecule has 0 aliphatic rings. The van der Waals surface area contributed by atoms with Gasteiger partial charge in [0.1, 0.15) is 0 Å². The van der Waals surface area contributed by atoms with Crippen LogP contribution < -0.4 is 0 Å². The third-order valence-electron chi connectivity index (χ3n) is 1.72. The highest BCUT2D eigenvalue weighted by Gasteiger charge is 2.01. The molecule has 1 aromatic carbocycles. The Bertz CT molecular complexity index is 319. The lowest BCUT2D eigenvalue weighted by Gasteiger charge is -2.02. The van der Waals surface area contributed by atoms with Crippen molar-refractivity contribution in [1.29, 1.82) is 0 Å². The molecular formula is C11H12O2S. The summed E-state index contributed by atoms with van der Waals surface area (Å²) in [5, 5.41) is 0.362. The second-order valence-corrected chi connectivity index (χ2v) is 3.41. The van der Waals surface area contributed by atoms with Gasteiger partial charge >= 0.3 is 5.97 Å². The van der Waals surface area contributed by atoms with Gasteiger partial charge in [0, 0.05) is 13.3 Å². The molecule has 0 atom stereocenters. The van der Waals surface area contributed by atoms with E-state index < -0.39 is 0 Å². The molecule has 0 saturated carbocycles. The number of aryl methyl sites for hydroxylation is 1. The summed E-state index contributed by atoms with van der Waals surface area (Å²) in [5.41, 5.74) is 1.20. The molecule has 0 aliphatic carbocycles. The molecule has 0 spiro atoms. The maximum Gasteiger partial charge on any atom is 0.308 e. The molecule has 0 fully saturated rings. The van der Waals surface area contributed by atoms with Crippen LogP contribution in [0.2, 0.25) is 0 Å². The summed E-state index contributed by atoms with van der Waals surface area (Å²) >= 11 is 4.89. The number of hydrogen-bond donors (Lipinski definition) is 0. The van der Waals surface area contributed by atoms with Gasteiger partial charge in [-0.1, -0.05) is 30.3 Å². The van der Waals surface area contributed by atoms with Gasteiger partial charge in [-0.3, -0.25) is 4.79 Å². The van der Waals surface area contributed by atoms with Crippen molar-refractivity contribution >= 4 is 23.2 Å². The van der Waals surface area contributed by atoms with E-state index in [1.807, 2.05) is 30.3 Å². The van der Waals surface area contributed by atoms with E-state index in [0.717, 1.165) is 6.42 Å². The van der Waals surface area contributed by atoms with E-state index >= 15 is 0 Å². The smallest absolute Gasteiger partial charge is 0.308 e. The van der Waals surface area contributed by atoms with Gasteiger partial charge in [0.2, 0.25) is 0 Å². The topological polar surface area (TPSA) is 26.3 Å². The Morgan fingerprint density at radius 2 is 2.00 bits per heavy atom. The van der Waals surface area contributed by atoms with Crippen LogP contribution >= 0.6 is 12.2 Å². The first-order chi connectivity index (χ1) is 6.68. The first-order valence-electron chi connectivity index (χ1n) is 4.43. The van der Waals surface area contributed by atoms with Gasteiger partial charge in [-0.2, -0.15) is 0 Å². The van der Waals surface area contributed by atoms with E-state index in [1.54, 1.807) is 0 Å². The Labute approximate surface area is 88.9 Å². The first-order valence-corrected chi connectivity index (χ1v) is 4.84. The average Bonchev–Trinajstić information content (AvgIpc) is 2.15. The van der Waals surface area contributed by atoms with Gasteiger partial charge in [0.15, 0.2) is 5.05 Å². The third-order valence-corrected chi connectivity index (χ3v) is 2.01. The normalized spacial score (nSPS) is 9.50. The van der Waals surface area contributed by atoms with Crippen molar-refractivity contribution in [1.82, 2.24) is 0 Å². The number of thiocarbonyl (C=S) groups is 1.